The van der Waals surface area contributed by atoms with Crippen LogP contribution in [0.4, 0.5) is 0 Å². The van der Waals surface area contributed by atoms with Gasteiger partial charge in [-0.1, -0.05) is 13.8 Å². The van der Waals surface area contributed by atoms with Crippen LogP contribution >= 0.6 is 0 Å². The fourth-order valence-corrected chi connectivity index (χ4v) is 8.83. The Morgan fingerprint density at radius 3 is 2.23 bits per heavy atom. The normalized spacial score (nSPS) is 55.8. The topological polar surface area (TPSA) is 38.7 Å². The number of hydrogen-bond acceptors (Lipinski definition) is 3. The lowest BCUT2D eigenvalue weighted by molar-refractivity contribution is -0.218. The first-order valence-electron chi connectivity index (χ1n) is 11.3. The lowest BCUT2D eigenvalue weighted by Crippen LogP contribution is -2.55. The Labute approximate surface area is 159 Å². The van der Waals surface area contributed by atoms with Crippen LogP contribution in [0.3, 0.4) is 0 Å². The zero-order valence-electron chi connectivity index (χ0n) is 17.0. The standard InChI is InChI=1S/C23H38O3/c1-21-10-8-16(24)14-15(21)4-5-17-18-6-7-20(23(3)25-12-13-26-23)22(18,2)11-9-19(17)21/h15-20,24H,4-14H2,1-3H3/t15?,16?,17-,18-,19-,20?,21-,22-/m0/s1. The summed E-state index contributed by atoms with van der Waals surface area (Å²) in [7, 11) is 0. The van der Waals surface area contributed by atoms with Crippen molar-refractivity contribution in [2.75, 3.05) is 13.2 Å². The van der Waals surface area contributed by atoms with E-state index in [0.717, 1.165) is 49.7 Å². The average molecular weight is 363 g/mol. The summed E-state index contributed by atoms with van der Waals surface area (Å²) in [5, 5.41) is 10.2. The van der Waals surface area contributed by atoms with Crippen molar-refractivity contribution in [1.82, 2.24) is 0 Å². The predicted molar refractivity (Wildman–Crippen MR) is 102 cm³/mol. The molecule has 0 radical (unpaired) electrons. The van der Waals surface area contributed by atoms with E-state index in [0.29, 0.717) is 16.7 Å². The lowest BCUT2D eigenvalue weighted by Gasteiger charge is -2.61. The Morgan fingerprint density at radius 1 is 0.769 bits per heavy atom. The van der Waals surface area contributed by atoms with Gasteiger partial charge in [0.2, 0.25) is 0 Å². The molecule has 1 aliphatic heterocycles. The molecule has 5 aliphatic rings. The van der Waals surface area contributed by atoms with E-state index >= 15 is 0 Å². The van der Waals surface area contributed by atoms with Crippen molar-refractivity contribution in [3.05, 3.63) is 0 Å². The van der Waals surface area contributed by atoms with Gasteiger partial charge in [-0.05, 0) is 99.2 Å². The first-order valence-corrected chi connectivity index (χ1v) is 11.3. The van der Waals surface area contributed by atoms with Gasteiger partial charge >= 0.3 is 0 Å². The van der Waals surface area contributed by atoms with Crippen LogP contribution in [-0.2, 0) is 9.47 Å². The molecule has 3 unspecified atom stereocenters. The summed E-state index contributed by atoms with van der Waals surface area (Å²) >= 11 is 0. The zero-order valence-corrected chi connectivity index (χ0v) is 17.0. The van der Waals surface area contributed by atoms with Gasteiger partial charge in [-0.2, -0.15) is 0 Å². The third kappa shape index (κ3) is 2.35. The van der Waals surface area contributed by atoms with E-state index < -0.39 is 0 Å². The molecule has 0 aromatic rings. The van der Waals surface area contributed by atoms with Crippen LogP contribution in [0.5, 0.6) is 0 Å². The molecule has 3 heteroatoms. The van der Waals surface area contributed by atoms with Crippen LogP contribution in [0.2, 0.25) is 0 Å². The maximum absolute atomic E-state index is 10.2. The molecule has 0 bridgehead atoms. The van der Waals surface area contributed by atoms with Crippen molar-refractivity contribution in [1.29, 1.82) is 0 Å². The molecule has 0 aromatic carbocycles. The molecule has 1 N–H and O–H groups in total. The Bertz CT molecular complexity index is 556. The van der Waals surface area contributed by atoms with Gasteiger partial charge in [0.1, 0.15) is 0 Å². The fraction of sp³-hybridized carbons (Fsp3) is 1.00. The molecule has 1 heterocycles. The highest BCUT2D eigenvalue weighted by molar-refractivity contribution is 5.11. The van der Waals surface area contributed by atoms with E-state index in [2.05, 4.69) is 20.8 Å². The molecule has 4 aliphatic carbocycles. The van der Waals surface area contributed by atoms with Crippen LogP contribution in [0.1, 0.15) is 78.6 Å². The highest BCUT2D eigenvalue weighted by atomic mass is 16.7. The van der Waals surface area contributed by atoms with Crippen molar-refractivity contribution in [2.45, 2.75) is 90.4 Å². The van der Waals surface area contributed by atoms with E-state index in [-0.39, 0.29) is 11.9 Å². The van der Waals surface area contributed by atoms with Gasteiger partial charge in [0.05, 0.1) is 19.3 Å². The van der Waals surface area contributed by atoms with E-state index in [4.69, 9.17) is 9.47 Å². The SMILES string of the molecule is CC1(C2CC[C@H]3[C@@H]4CCC5CC(O)CC[C@]5(C)[C@H]4CC[C@]23C)OCCO1. The number of aliphatic hydroxyl groups is 1. The second kappa shape index (κ2) is 5.94. The molecule has 0 amide bonds. The van der Waals surface area contributed by atoms with Gasteiger partial charge in [-0.25, -0.2) is 0 Å². The van der Waals surface area contributed by atoms with Crippen LogP contribution < -0.4 is 0 Å². The summed E-state index contributed by atoms with van der Waals surface area (Å²) in [6.45, 7) is 8.90. The summed E-state index contributed by atoms with van der Waals surface area (Å²) in [4.78, 5) is 0. The van der Waals surface area contributed by atoms with E-state index in [1.54, 1.807) is 0 Å². The first kappa shape index (κ1) is 17.9. The molecule has 1 saturated heterocycles. The maximum Gasteiger partial charge on any atom is 0.169 e. The second-order valence-electron chi connectivity index (χ2n) is 11.0. The van der Waals surface area contributed by atoms with Crippen molar-refractivity contribution >= 4 is 0 Å². The van der Waals surface area contributed by atoms with Gasteiger partial charge in [-0.15, -0.1) is 0 Å². The van der Waals surface area contributed by atoms with Gasteiger partial charge in [0.25, 0.3) is 0 Å². The minimum Gasteiger partial charge on any atom is -0.393 e. The molecule has 8 atom stereocenters. The summed E-state index contributed by atoms with van der Waals surface area (Å²) in [5.74, 6) is 3.59. The molecule has 0 spiro atoms. The second-order valence-corrected chi connectivity index (χ2v) is 11.0. The molecule has 0 aromatic heterocycles. The minimum atomic E-state index is -0.341. The van der Waals surface area contributed by atoms with E-state index in [9.17, 15) is 5.11 Å². The van der Waals surface area contributed by atoms with Crippen molar-refractivity contribution < 1.29 is 14.6 Å². The summed E-state index contributed by atoms with van der Waals surface area (Å²) < 4.78 is 12.3. The van der Waals surface area contributed by atoms with Crippen molar-refractivity contribution in [2.24, 2.45) is 40.4 Å². The third-order valence-electron chi connectivity index (χ3n) is 10.1. The van der Waals surface area contributed by atoms with E-state index in [1.807, 2.05) is 0 Å². The summed E-state index contributed by atoms with van der Waals surface area (Å²) in [5.41, 5.74) is 0.865. The quantitative estimate of drug-likeness (QED) is 0.730. The average Bonchev–Trinajstić information content (AvgIpc) is 3.19. The molecule has 4 saturated carbocycles. The maximum atomic E-state index is 10.2. The molecule has 5 rings (SSSR count). The first-order chi connectivity index (χ1) is 12.4. The molecular formula is C23H38O3. The minimum absolute atomic E-state index is 0.0362. The Morgan fingerprint density at radius 2 is 1.46 bits per heavy atom. The Hall–Kier alpha value is -0.120. The number of ether oxygens (including phenoxy) is 2. The number of aliphatic hydroxyl groups excluding tert-OH is 1. The Balaban J connectivity index is 1.41. The van der Waals surface area contributed by atoms with Gasteiger partial charge in [0.15, 0.2) is 5.79 Å². The highest BCUT2D eigenvalue weighted by Gasteiger charge is 2.63. The van der Waals surface area contributed by atoms with E-state index in [1.165, 1.54) is 44.9 Å². The van der Waals surface area contributed by atoms with Crippen LogP contribution in [0, 0.1) is 40.4 Å². The fourth-order valence-electron chi connectivity index (χ4n) is 8.83. The third-order valence-corrected chi connectivity index (χ3v) is 10.1. The van der Waals surface area contributed by atoms with Gasteiger partial charge < -0.3 is 14.6 Å². The van der Waals surface area contributed by atoms with Crippen LogP contribution in [0.15, 0.2) is 0 Å². The predicted octanol–water partition coefficient (Wildman–Crippen LogP) is 4.77. The molecule has 5 fully saturated rings. The molecule has 26 heavy (non-hydrogen) atoms. The number of hydrogen-bond donors (Lipinski definition) is 1. The summed E-state index contributed by atoms with van der Waals surface area (Å²) in [6.07, 6.45) is 11.4. The monoisotopic (exact) mass is 362 g/mol. The number of fused-ring (bicyclic) bond motifs is 5. The Kier molecular flexibility index (Phi) is 4.10. The lowest BCUT2D eigenvalue weighted by atomic mass is 9.44. The van der Waals surface area contributed by atoms with Crippen molar-refractivity contribution in [3.8, 4) is 0 Å². The smallest absolute Gasteiger partial charge is 0.169 e. The highest BCUT2D eigenvalue weighted by Crippen LogP contribution is 2.69. The largest absolute Gasteiger partial charge is 0.393 e. The van der Waals surface area contributed by atoms with Gasteiger partial charge in [0, 0.05) is 5.92 Å². The number of rotatable bonds is 1. The molecular weight excluding hydrogens is 324 g/mol. The summed E-state index contributed by atoms with van der Waals surface area (Å²) in [6, 6.07) is 0. The van der Waals surface area contributed by atoms with Gasteiger partial charge in [-0.3, -0.25) is 0 Å². The molecule has 3 nitrogen and oxygen atoms in total. The van der Waals surface area contributed by atoms with Crippen molar-refractivity contribution in [3.63, 3.8) is 0 Å². The molecule has 148 valence electrons. The zero-order chi connectivity index (χ0) is 18.2. The van der Waals surface area contributed by atoms with Crippen LogP contribution in [0.25, 0.3) is 0 Å². The van der Waals surface area contributed by atoms with Crippen LogP contribution in [-0.4, -0.2) is 30.2 Å².